The van der Waals surface area contributed by atoms with Crippen molar-refractivity contribution in [1.29, 1.82) is 0 Å². The quantitative estimate of drug-likeness (QED) is 0.565. The van der Waals surface area contributed by atoms with E-state index in [1.807, 2.05) is 25.1 Å². The van der Waals surface area contributed by atoms with Crippen molar-refractivity contribution in [3.8, 4) is 0 Å². The van der Waals surface area contributed by atoms with Gasteiger partial charge in [-0.25, -0.2) is 4.98 Å². The van der Waals surface area contributed by atoms with Gasteiger partial charge in [-0.3, -0.25) is 9.78 Å². The Bertz CT molecular complexity index is 1190. The lowest BCUT2D eigenvalue weighted by molar-refractivity contribution is -0.175. The number of nitrogen functional groups attached to an aromatic ring is 1. The lowest BCUT2D eigenvalue weighted by Gasteiger charge is -2.24. The number of allylic oxidation sites excluding steroid dienone is 2. The van der Waals surface area contributed by atoms with E-state index in [1.165, 1.54) is 6.20 Å². The normalized spacial score (nSPS) is 17.6. The van der Waals surface area contributed by atoms with E-state index in [0.717, 1.165) is 16.5 Å². The monoisotopic (exact) mass is 440 g/mol. The van der Waals surface area contributed by atoms with Crippen molar-refractivity contribution < 1.29 is 18.0 Å². The number of hydrogen-bond acceptors (Lipinski definition) is 4. The average Bonchev–Trinajstić information content (AvgIpc) is 2.77. The number of carbonyl (C=O) groups excluding carboxylic acids is 1. The Kier molecular flexibility index (Phi) is 5.86. The topological polar surface area (TPSA) is 80.9 Å². The number of anilines is 1. The number of nitrogens with zero attached hydrogens (tertiary/aromatic N) is 2. The van der Waals surface area contributed by atoms with Gasteiger partial charge in [-0.05, 0) is 50.0 Å². The molecule has 0 spiro atoms. The third-order valence-corrected chi connectivity index (χ3v) is 5.78. The van der Waals surface area contributed by atoms with Crippen molar-refractivity contribution in [2.24, 2.45) is 5.92 Å². The third kappa shape index (κ3) is 4.59. The maximum Gasteiger partial charge on any atom is 0.392 e. The molecule has 4 rings (SSSR count). The fourth-order valence-corrected chi connectivity index (χ4v) is 3.98. The van der Waals surface area contributed by atoms with E-state index in [4.69, 9.17) is 5.73 Å². The van der Waals surface area contributed by atoms with E-state index >= 15 is 0 Å². The molecule has 1 unspecified atom stereocenters. The molecule has 2 heterocycles. The summed E-state index contributed by atoms with van der Waals surface area (Å²) in [5.41, 5.74) is 9.10. The first-order valence-electron chi connectivity index (χ1n) is 10.4. The molecule has 0 saturated heterocycles. The summed E-state index contributed by atoms with van der Waals surface area (Å²) < 4.78 is 38.9. The summed E-state index contributed by atoms with van der Waals surface area (Å²) in [6.07, 6.45) is -0.618. The number of nitrogens with two attached hydrogens (primary N) is 1. The van der Waals surface area contributed by atoms with Gasteiger partial charge in [-0.1, -0.05) is 30.3 Å². The number of alkyl halides is 3. The van der Waals surface area contributed by atoms with E-state index in [0.29, 0.717) is 29.0 Å². The van der Waals surface area contributed by atoms with Crippen molar-refractivity contribution in [1.82, 2.24) is 15.3 Å². The van der Waals surface area contributed by atoms with Crippen LogP contribution in [-0.2, 0) is 0 Å². The molecule has 2 aromatic heterocycles. The zero-order chi connectivity index (χ0) is 22.9. The second-order valence-corrected chi connectivity index (χ2v) is 8.03. The Morgan fingerprint density at radius 2 is 2.00 bits per heavy atom. The number of halogens is 3. The summed E-state index contributed by atoms with van der Waals surface area (Å²) in [4.78, 5) is 21.4. The molecule has 2 atom stereocenters. The van der Waals surface area contributed by atoms with Crippen LogP contribution in [0.1, 0.15) is 53.8 Å². The number of aromatic nitrogens is 2. The van der Waals surface area contributed by atoms with Crippen molar-refractivity contribution in [3.05, 3.63) is 71.6 Å². The van der Waals surface area contributed by atoms with Gasteiger partial charge in [0.15, 0.2) is 0 Å². The lowest BCUT2D eigenvalue weighted by atomic mass is 9.85. The molecule has 3 N–H and O–H groups in total. The SMILES string of the molecule is C[C@H](NC(=O)c1cnc2c(C3=CCC(C(F)(F)F)CC3)cccc2c1)c1cccc(N)n1. The number of pyridine rings is 2. The minimum absolute atomic E-state index is 0.0222. The smallest absolute Gasteiger partial charge is 0.384 e. The fourth-order valence-electron chi connectivity index (χ4n) is 3.98. The van der Waals surface area contributed by atoms with E-state index in [-0.39, 0.29) is 24.8 Å². The molecule has 1 aliphatic carbocycles. The highest BCUT2D eigenvalue weighted by atomic mass is 19.4. The third-order valence-electron chi connectivity index (χ3n) is 5.78. The summed E-state index contributed by atoms with van der Waals surface area (Å²) in [7, 11) is 0. The summed E-state index contributed by atoms with van der Waals surface area (Å²) in [5, 5.41) is 3.64. The van der Waals surface area contributed by atoms with Crippen LogP contribution in [0, 0.1) is 5.92 Å². The standard InChI is InChI=1S/C24H23F3N4O/c1-14(20-6-3-7-21(28)31-20)30-23(32)17-12-16-4-2-5-19(22(16)29-13-17)15-8-10-18(11-9-15)24(25,26)27/h2-8,12-14,18H,9-11H2,1H3,(H2,28,31)(H,30,32)/t14-,18?/m0/s1. The first-order chi connectivity index (χ1) is 15.2. The second-order valence-electron chi connectivity index (χ2n) is 8.03. The molecule has 1 aromatic carbocycles. The summed E-state index contributed by atoms with van der Waals surface area (Å²) >= 11 is 0. The zero-order valence-corrected chi connectivity index (χ0v) is 17.5. The molecule has 1 aliphatic rings. The molecule has 0 aliphatic heterocycles. The number of para-hydroxylation sites is 1. The van der Waals surface area contributed by atoms with Gasteiger partial charge in [0.25, 0.3) is 5.91 Å². The first-order valence-corrected chi connectivity index (χ1v) is 10.4. The molecule has 1 amide bonds. The van der Waals surface area contributed by atoms with Crippen molar-refractivity contribution in [2.45, 2.75) is 38.4 Å². The van der Waals surface area contributed by atoms with Gasteiger partial charge in [0.2, 0.25) is 0 Å². The summed E-state index contributed by atoms with van der Waals surface area (Å²) in [6, 6.07) is 12.2. The van der Waals surface area contributed by atoms with E-state index in [1.54, 1.807) is 30.3 Å². The predicted molar refractivity (Wildman–Crippen MR) is 118 cm³/mol. The van der Waals surface area contributed by atoms with Crippen LogP contribution in [0.15, 0.2) is 54.7 Å². The Hall–Kier alpha value is -3.42. The van der Waals surface area contributed by atoms with E-state index in [2.05, 4.69) is 15.3 Å². The molecule has 0 fully saturated rings. The molecule has 166 valence electrons. The van der Waals surface area contributed by atoms with Gasteiger partial charge in [0.1, 0.15) is 5.82 Å². The zero-order valence-electron chi connectivity index (χ0n) is 17.5. The van der Waals surface area contributed by atoms with E-state index < -0.39 is 12.1 Å². The largest absolute Gasteiger partial charge is 0.392 e. The van der Waals surface area contributed by atoms with Gasteiger partial charge >= 0.3 is 6.18 Å². The Morgan fingerprint density at radius 1 is 1.22 bits per heavy atom. The van der Waals surface area contributed by atoms with Crippen LogP contribution in [0.3, 0.4) is 0 Å². The number of benzene rings is 1. The van der Waals surface area contributed by atoms with Crippen molar-refractivity contribution in [3.63, 3.8) is 0 Å². The molecule has 5 nitrogen and oxygen atoms in total. The van der Waals surface area contributed by atoms with Gasteiger partial charge in [-0.15, -0.1) is 0 Å². The Balaban J connectivity index is 1.55. The van der Waals surface area contributed by atoms with Crippen LogP contribution in [0.25, 0.3) is 16.5 Å². The van der Waals surface area contributed by atoms with Crippen LogP contribution >= 0.6 is 0 Å². The highest BCUT2D eigenvalue weighted by Crippen LogP contribution is 2.40. The molecule has 0 radical (unpaired) electrons. The molecular formula is C24H23F3N4O. The van der Waals surface area contributed by atoms with Gasteiger partial charge in [0, 0.05) is 17.1 Å². The lowest BCUT2D eigenvalue weighted by Crippen LogP contribution is -2.27. The minimum Gasteiger partial charge on any atom is -0.384 e. The van der Waals surface area contributed by atoms with E-state index in [9.17, 15) is 18.0 Å². The fraction of sp³-hybridized carbons (Fsp3) is 0.292. The molecule has 0 saturated carbocycles. The summed E-state index contributed by atoms with van der Waals surface area (Å²) in [6.45, 7) is 1.82. The number of hydrogen-bond donors (Lipinski definition) is 2. The molecule has 0 bridgehead atoms. The number of rotatable bonds is 4. The summed E-state index contributed by atoms with van der Waals surface area (Å²) in [5.74, 6) is -1.21. The van der Waals surface area contributed by atoms with Crippen LogP contribution in [-0.4, -0.2) is 22.1 Å². The first kappa shape index (κ1) is 21.8. The van der Waals surface area contributed by atoms with Crippen molar-refractivity contribution >= 4 is 28.2 Å². The maximum absolute atomic E-state index is 13.0. The van der Waals surface area contributed by atoms with Crippen LogP contribution in [0.2, 0.25) is 0 Å². The van der Waals surface area contributed by atoms with Crippen LogP contribution in [0.4, 0.5) is 19.0 Å². The Morgan fingerprint density at radius 3 is 2.69 bits per heavy atom. The van der Waals surface area contributed by atoms with Crippen LogP contribution in [0.5, 0.6) is 0 Å². The number of carbonyl (C=O) groups is 1. The number of fused-ring (bicyclic) bond motifs is 1. The van der Waals surface area contributed by atoms with Crippen LogP contribution < -0.4 is 11.1 Å². The minimum atomic E-state index is -4.17. The highest BCUT2D eigenvalue weighted by molar-refractivity contribution is 5.99. The molecule has 32 heavy (non-hydrogen) atoms. The molecule has 3 aromatic rings. The highest BCUT2D eigenvalue weighted by Gasteiger charge is 2.39. The van der Waals surface area contributed by atoms with Gasteiger partial charge in [0.05, 0.1) is 28.7 Å². The second kappa shape index (κ2) is 8.61. The predicted octanol–water partition coefficient (Wildman–Crippen LogP) is 5.45. The van der Waals surface area contributed by atoms with Crippen molar-refractivity contribution in [2.75, 3.05) is 5.73 Å². The maximum atomic E-state index is 13.0. The molecular weight excluding hydrogens is 417 g/mol. The molecule has 8 heteroatoms. The average molecular weight is 440 g/mol. The number of nitrogens with one attached hydrogen (secondary N) is 1. The van der Waals surface area contributed by atoms with Gasteiger partial charge < -0.3 is 11.1 Å². The van der Waals surface area contributed by atoms with Gasteiger partial charge in [-0.2, -0.15) is 13.2 Å². The number of amides is 1. The Labute approximate surface area is 183 Å².